The number of aromatic nitrogens is 2. The van der Waals surface area contributed by atoms with Gasteiger partial charge >= 0.3 is 6.09 Å². The van der Waals surface area contributed by atoms with E-state index in [2.05, 4.69) is 34.8 Å². The summed E-state index contributed by atoms with van der Waals surface area (Å²) in [5.74, 6) is 1.42. The Morgan fingerprint density at radius 2 is 1.84 bits per heavy atom. The van der Waals surface area contributed by atoms with Gasteiger partial charge in [-0.15, -0.1) is 0 Å². The van der Waals surface area contributed by atoms with Gasteiger partial charge in [-0.25, -0.2) is 9.78 Å². The Morgan fingerprint density at radius 1 is 1.09 bits per heavy atom. The fraction of sp³-hybridized carbons (Fsp3) is 0.400. The second kappa shape index (κ2) is 8.65. The zero-order valence-electron chi connectivity index (χ0n) is 19.1. The molecule has 0 saturated carbocycles. The third-order valence-electron chi connectivity index (χ3n) is 5.68. The van der Waals surface area contributed by atoms with Crippen LogP contribution in [-0.2, 0) is 11.2 Å². The highest BCUT2D eigenvalue weighted by atomic mass is 16.6. The summed E-state index contributed by atoms with van der Waals surface area (Å²) in [5.41, 5.74) is 10.9. The highest BCUT2D eigenvalue weighted by molar-refractivity contribution is 5.75. The number of rotatable bonds is 3. The molecule has 0 unspecified atom stereocenters. The van der Waals surface area contributed by atoms with E-state index in [0.29, 0.717) is 18.9 Å². The number of nitrogens with zero attached hydrogens (tertiary/aromatic N) is 4. The minimum absolute atomic E-state index is 0.269. The van der Waals surface area contributed by atoms with E-state index < -0.39 is 5.60 Å². The molecule has 2 aromatic heterocycles. The van der Waals surface area contributed by atoms with E-state index in [1.807, 2.05) is 44.3 Å². The number of pyridine rings is 2. The van der Waals surface area contributed by atoms with E-state index in [9.17, 15) is 4.79 Å². The smallest absolute Gasteiger partial charge is 0.410 e. The van der Waals surface area contributed by atoms with Gasteiger partial charge in [-0.05, 0) is 68.9 Å². The van der Waals surface area contributed by atoms with Crippen molar-refractivity contribution in [1.82, 2.24) is 14.9 Å². The van der Waals surface area contributed by atoms with E-state index >= 15 is 0 Å². The molecule has 0 aromatic carbocycles. The number of aryl methyl sites for hydroxylation is 1. The summed E-state index contributed by atoms with van der Waals surface area (Å²) in [6.07, 6.45) is 10.2. The number of anilines is 1. The molecule has 2 N–H and O–H groups in total. The second-order valence-electron chi connectivity index (χ2n) is 9.32. The van der Waals surface area contributed by atoms with Gasteiger partial charge in [0.05, 0.1) is 5.82 Å². The molecule has 0 atom stereocenters. The van der Waals surface area contributed by atoms with Crippen LogP contribution < -0.4 is 10.6 Å². The Balaban J connectivity index is 1.53. The number of hydrogen-bond acceptors (Lipinski definition) is 6. The Hall–Kier alpha value is -3.35. The Labute approximate surface area is 189 Å². The number of fused-ring (bicyclic) bond motifs is 1. The number of hydrogen-bond donors (Lipinski definition) is 1. The highest BCUT2D eigenvalue weighted by Gasteiger charge is 2.24. The van der Waals surface area contributed by atoms with Crippen LogP contribution in [0, 0.1) is 0 Å². The second-order valence-corrected chi connectivity index (χ2v) is 9.32. The van der Waals surface area contributed by atoms with Crippen molar-refractivity contribution in [1.29, 1.82) is 0 Å². The van der Waals surface area contributed by atoms with Crippen LogP contribution >= 0.6 is 0 Å². The van der Waals surface area contributed by atoms with Crippen LogP contribution in [0.25, 0.3) is 16.7 Å². The van der Waals surface area contributed by atoms with Crippen LogP contribution in [0.3, 0.4) is 0 Å². The third-order valence-corrected chi connectivity index (χ3v) is 5.68. The average molecular weight is 434 g/mol. The van der Waals surface area contributed by atoms with Gasteiger partial charge in [-0.1, -0.05) is 12.7 Å². The molecular weight excluding hydrogens is 402 g/mol. The normalized spacial score (nSPS) is 16.3. The van der Waals surface area contributed by atoms with E-state index in [1.165, 1.54) is 11.1 Å². The highest BCUT2D eigenvalue weighted by Crippen LogP contribution is 2.32. The van der Waals surface area contributed by atoms with Gasteiger partial charge in [0.15, 0.2) is 0 Å². The summed E-state index contributed by atoms with van der Waals surface area (Å²) in [5, 5.41) is 0. The number of amides is 1. The van der Waals surface area contributed by atoms with Gasteiger partial charge in [0, 0.05) is 49.4 Å². The van der Waals surface area contributed by atoms with Gasteiger partial charge < -0.3 is 20.3 Å². The van der Waals surface area contributed by atoms with Crippen LogP contribution in [0.4, 0.5) is 10.6 Å². The largest absolute Gasteiger partial charge is 0.444 e. The standard InChI is InChI=1S/C25H31N5O2/c1-17(26)30-9-5-6-19-12-22(16-28-23(19)30)21-13-20(14-27-15-21)18-7-10-29(11-8-18)24(31)32-25(2,3)4/h7,12-16H,1,5-6,8-11,26H2,2-4H3. The molecule has 0 fully saturated rings. The maximum absolute atomic E-state index is 12.3. The zero-order valence-corrected chi connectivity index (χ0v) is 19.1. The van der Waals surface area contributed by atoms with Gasteiger partial charge in [-0.2, -0.15) is 0 Å². The summed E-state index contributed by atoms with van der Waals surface area (Å²) in [7, 11) is 0. The van der Waals surface area contributed by atoms with Crippen LogP contribution in [0.2, 0.25) is 0 Å². The van der Waals surface area contributed by atoms with Crippen LogP contribution in [-0.4, -0.2) is 46.2 Å². The lowest BCUT2D eigenvalue weighted by atomic mass is 9.97. The number of carbonyl (C=O) groups is 1. The SMILES string of the molecule is C=C(N)N1CCCc2cc(-c3cncc(C4=CCN(C(=O)OC(C)(C)C)CC4)c3)cnc21. The van der Waals surface area contributed by atoms with Crippen molar-refractivity contribution in [3.8, 4) is 11.1 Å². The fourth-order valence-electron chi connectivity index (χ4n) is 4.10. The predicted octanol–water partition coefficient (Wildman–Crippen LogP) is 4.35. The van der Waals surface area contributed by atoms with E-state index in [-0.39, 0.29) is 6.09 Å². The Kier molecular flexibility index (Phi) is 5.91. The number of carbonyl (C=O) groups excluding carboxylic acids is 1. The van der Waals surface area contributed by atoms with Crippen molar-refractivity contribution >= 4 is 17.5 Å². The topological polar surface area (TPSA) is 84.6 Å². The van der Waals surface area contributed by atoms with Crippen molar-refractivity contribution in [3.05, 3.63) is 60.3 Å². The molecule has 0 spiro atoms. The first-order valence-electron chi connectivity index (χ1n) is 11.0. The van der Waals surface area contributed by atoms with E-state index in [0.717, 1.165) is 48.3 Å². The van der Waals surface area contributed by atoms with Crippen LogP contribution in [0.15, 0.2) is 49.2 Å². The maximum Gasteiger partial charge on any atom is 0.410 e. The summed E-state index contributed by atoms with van der Waals surface area (Å²) < 4.78 is 5.48. The first-order valence-corrected chi connectivity index (χ1v) is 11.0. The number of nitrogens with two attached hydrogens (primary N) is 1. The molecule has 4 heterocycles. The summed E-state index contributed by atoms with van der Waals surface area (Å²) >= 11 is 0. The van der Waals surface area contributed by atoms with Gasteiger partial charge in [0.2, 0.25) is 0 Å². The first-order chi connectivity index (χ1) is 15.2. The Morgan fingerprint density at radius 3 is 2.53 bits per heavy atom. The lowest BCUT2D eigenvalue weighted by molar-refractivity contribution is 0.0270. The minimum Gasteiger partial charge on any atom is -0.444 e. The van der Waals surface area contributed by atoms with Gasteiger partial charge in [0.1, 0.15) is 11.4 Å². The molecule has 0 aliphatic carbocycles. The molecule has 2 aliphatic rings. The van der Waals surface area contributed by atoms with E-state index in [4.69, 9.17) is 10.5 Å². The molecule has 32 heavy (non-hydrogen) atoms. The lowest BCUT2D eigenvalue weighted by Crippen LogP contribution is -2.39. The predicted molar refractivity (Wildman–Crippen MR) is 127 cm³/mol. The van der Waals surface area contributed by atoms with Crippen molar-refractivity contribution in [2.24, 2.45) is 5.73 Å². The summed E-state index contributed by atoms with van der Waals surface area (Å²) in [6.45, 7) is 11.5. The third kappa shape index (κ3) is 4.77. The van der Waals surface area contributed by atoms with Crippen LogP contribution in [0.5, 0.6) is 0 Å². The summed E-state index contributed by atoms with van der Waals surface area (Å²) in [6, 6.07) is 4.32. The molecule has 0 saturated heterocycles. The Bertz CT molecular complexity index is 1070. The molecular formula is C25H31N5O2. The van der Waals surface area contributed by atoms with Crippen LogP contribution in [0.1, 0.15) is 44.7 Å². The molecule has 0 bridgehead atoms. The van der Waals surface area contributed by atoms with Crippen molar-refractivity contribution in [2.75, 3.05) is 24.5 Å². The quantitative estimate of drug-likeness (QED) is 0.775. The lowest BCUT2D eigenvalue weighted by Gasteiger charge is -2.30. The maximum atomic E-state index is 12.3. The van der Waals surface area contributed by atoms with Crippen molar-refractivity contribution in [3.63, 3.8) is 0 Å². The summed E-state index contributed by atoms with van der Waals surface area (Å²) in [4.78, 5) is 25.2. The molecule has 0 radical (unpaired) electrons. The minimum atomic E-state index is -0.489. The molecule has 7 heteroatoms. The van der Waals surface area contributed by atoms with Crippen molar-refractivity contribution < 1.29 is 9.53 Å². The van der Waals surface area contributed by atoms with Gasteiger partial charge in [0.25, 0.3) is 0 Å². The number of ether oxygens (including phenoxy) is 1. The van der Waals surface area contributed by atoms with Gasteiger partial charge in [-0.3, -0.25) is 4.98 Å². The monoisotopic (exact) mass is 433 g/mol. The molecule has 7 nitrogen and oxygen atoms in total. The zero-order chi connectivity index (χ0) is 22.9. The molecule has 1 amide bonds. The molecule has 2 aromatic rings. The molecule has 4 rings (SSSR count). The fourth-order valence-corrected chi connectivity index (χ4v) is 4.10. The molecule has 168 valence electrons. The molecule has 2 aliphatic heterocycles. The first kappa shape index (κ1) is 21.9. The van der Waals surface area contributed by atoms with Crippen molar-refractivity contribution in [2.45, 2.75) is 45.6 Å². The average Bonchev–Trinajstić information content (AvgIpc) is 2.77. The van der Waals surface area contributed by atoms with E-state index in [1.54, 1.807) is 4.90 Å².